The molecule has 0 saturated carbocycles. The predicted molar refractivity (Wildman–Crippen MR) is 98.9 cm³/mol. The molecule has 0 aliphatic heterocycles. The Morgan fingerprint density at radius 3 is 2.42 bits per heavy atom. The van der Waals surface area contributed by atoms with Gasteiger partial charge in [-0.3, -0.25) is 4.79 Å². The molecule has 0 bridgehead atoms. The number of ether oxygens (including phenoxy) is 3. The van der Waals surface area contributed by atoms with Crippen LogP contribution in [-0.4, -0.2) is 32.2 Å². The van der Waals surface area contributed by atoms with Crippen LogP contribution in [0.1, 0.15) is 29.8 Å². The van der Waals surface area contributed by atoms with Gasteiger partial charge in [0.05, 0.1) is 13.7 Å². The number of esters is 2. The van der Waals surface area contributed by atoms with Crippen LogP contribution >= 0.6 is 0 Å². The summed E-state index contributed by atoms with van der Waals surface area (Å²) in [6.07, 6.45) is 0.811. The van der Waals surface area contributed by atoms with Crippen LogP contribution in [0.4, 0.5) is 5.69 Å². The molecule has 0 aliphatic carbocycles. The highest BCUT2D eigenvalue weighted by Gasteiger charge is 2.15. The van der Waals surface area contributed by atoms with Crippen molar-refractivity contribution in [1.29, 1.82) is 0 Å². The average Bonchev–Trinajstić information content (AvgIpc) is 2.63. The molecule has 0 atom stereocenters. The molecule has 138 valence electrons. The molecule has 0 spiro atoms. The van der Waals surface area contributed by atoms with Gasteiger partial charge in [-0.05, 0) is 49.2 Å². The minimum Gasteiger partial charge on any atom is -0.494 e. The molecule has 0 aromatic heterocycles. The average molecular weight is 357 g/mol. The van der Waals surface area contributed by atoms with Gasteiger partial charge in [0.2, 0.25) is 0 Å². The van der Waals surface area contributed by atoms with Gasteiger partial charge in [0.15, 0.2) is 0 Å². The lowest BCUT2D eigenvalue weighted by molar-refractivity contribution is -0.131. The summed E-state index contributed by atoms with van der Waals surface area (Å²) in [5.41, 5.74) is 2.12. The van der Waals surface area contributed by atoms with E-state index in [4.69, 9.17) is 14.2 Å². The topological polar surface area (TPSA) is 73.9 Å². The number of anilines is 1. The van der Waals surface area contributed by atoms with Crippen LogP contribution < -0.4 is 14.8 Å². The lowest BCUT2D eigenvalue weighted by atomic mass is 10.1. The number of carbonyl (C=O) groups excluding carboxylic acids is 2. The summed E-state index contributed by atoms with van der Waals surface area (Å²) in [6, 6.07) is 12.9. The van der Waals surface area contributed by atoms with E-state index in [-0.39, 0.29) is 11.3 Å². The van der Waals surface area contributed by atoms with E-state index in [1.807, 2.05) is 31.2 Å². The van der Waals surface area contributed by atoms with E-state index in [1.54, 1.807) is 18.2 Å². The predicted octanol–water partition coefficient (Wildman–Crippen LogP) is 3.45. The van der Waals surface area contributed by atoms with Crippen LogP contribution in [0.2, 0.25) is 0 Å². The normalized spacial score (nSPS) is 10.1. The Morgan fingerprint density at radius 2 is 1.81 bits per heavy atom. The molecular weight excluding hydrogens is 334 g/mol. The molecule has 2 aromatic carbocycles. The summed E-state index contributed by atoms with van der Waals surface area (Å²) in [5, 5.41) is 3.25. The van der Waals surface area contributed by atoms with Gasteiger partial charge < -0.3 is 19.5 Å². The van der Waals surface area contributed by atoms with Crippen LogP contribution in [0.25, 0.3) is 0 Å². The third-order valence-corrected chi connectivity index (χ3v) is 3.62. The van der Waals surface area contributed by atoms with Crippen molar-refractivity contribution < 1.29 is 23.8 Å². The molecular formula is C20H23NO5. The van der Waals surface area contributed by atoms with Gasteiger partial charge in [-0.15, -0.1) is 0 Å². The second-order valence-corrected chi connectivity index (χ2v) is 5.55. The van der Waals surface area contributed by atoms with E-state index < -0.39 is 11.9 Å². The molecule has 0 radical (unpaired) electrons. The minimum absolute atomic E-state index is 0.182. The molecule has 0 aliphatic rings. The van der Waals surface area contributed by atoms with Gasteiger partial charge in [-0.2, -0.15) is 0 Å². The van der Waals surface area contributed by atoms with Gasteiger partial charge in [0.1, 0.15) is 17.1 Å². The van der Waals surface area contributed by atoms with Crippen molar-refractivity contribution >= 4 is 17.6 Å². The number of hydrogen-bond acceptors (Lipinski definition) is 6. The maximum Gasteiger partial charge on any atom is 0.341 e. The summed E-state index contributed by atoms with van der Waals surface area (Å²) in [6.45, 7) is 4.56. The Kier molecular flexibility index (Phi) is 7.02. The van der Waals surface area contributed by atoms with E-state index in [9.17, 15) is 9.59 Å². The number of hydrogen-bond donors (Lipinski definition) is 1. The van der Waals surface area contributed by atoms with Crippen LogP contribution in [0.3, 0.4) is 0 Å². The first-order chi connectivity index (χ1) is 12.5. The van der Waals surface area contributed by atoms with Crippen LogP contribution in [0, 0.1) is 0 Å². The largest absolute Gasteiger partial charge is 0.494 e. The Hall–Kier alpha value is -3.02. The highest BCUT2D eigenvalue weighted by molar-refractivity contribution is 5.94. The van der Waals surface area contributed by atoms with Crippen molar-refractivity contribution in [2.24, 2.45) is 0 Å². The highest BCUT2D eigenvalue weighted by atomic mass is 16.5. The van der Waals surface area contributed by atoms with Gasteiger partial charge in [-0.1, -0.05) is 12.1 Å². The van der Waals surface area contributed by atoms with Gasteiger partial charge in [-0.25, -0.2) is 4.79 Å². The van der Waals surface area contributed by atoms with Crippen molar-refractivity contribution in [2.75, 3.05) is 25.6 Å². The van der Waals surface area contributed by atoms with E-state index in [0.29, 0.717) is 13.2 Å². The van der Waals surface area contributed by atoms with E-state index in [1.165, 1.54) is 19.6 Å². The molecule has 1 N–H and O–H groups in total. The Bertz CT molecular complexity index is 755. The molecule has 0 amide bonds. The first kappa shape index (κ1) is 19.3. The summed E-state index contributed by atoms with van der Waals surface area (Å²) < 4.78 is 15.2. The zero-order chi connectivity index (χ0) is 18.9. The fourth-order valence-corrected chi connectivity index (χ4v) is 2.42. The van der Waals surface area contributed by atoms with Crippen molar-refractivity contribution in [3.8, 4) is 11.5 Å². The fraction of sp³-hybridized carbons (Fsp3) is 0.300. The van der Waals surface area contributed by atoms with Crippen LogP contribution in [0.5, 0.6) is 11.5 Å². The van der Waals surface area contributed by atoms with Crippen molar-refractivity contribution in [2.45, 2.75) is 20.3 Å². The highest BCUT2D eigenvalue weighted by Crippen LogP contribution is 2.24. The molecule has 0 unspecified atom stereocenters. The van der Waals surface area contributed by atoms with Gasteiger partial charge >= 0.3 is 11.9 Å². The van der Waals surface area contributed by atoms with Crippen LogP contribution in [-0.2, 0) is 16.0 Å². The quantitative estimate of drug-likeness (QED) is 0.576. The van der Waals surface area contributed by atoms with Crippen molar-refractivity contribution in [1.82, 2.24) is 0 Å². The summed E-state index contributed by atoms with van der Waals surface area (Å²) >= 11 is 0. The number of nitrogens with one attached hydrogen (secondary N) is 1. The third kappa shape index (κ3) is 5.51. The van der Waals surface area contributed by atoms with Crippen LogP contribution in [0.15, 0.2) is 42.5 Å². The summed E-state index contributed by atoms with van der Waals surface area (Å²) in [7, 11) is 1.28. The van der Waals surface area contributed by atoms with E-state index in [2.05, 4.69) is 5.32 Å². The molecule has 2 rings (SSSR count). The van der Waals surface area contributed by atoms with Crippen molar-refractivity contribution in [3.05, 3.63) is 53.6 Å². The third-order valence-electron chi connectivity index (χ3n) is 3.62. The van der Waals surface area contributed by atoms with E-state index in [0.717, 1.165) is 17.9 Å². The van der Waals surface area contributed by atoms with Gasteiger partial charge in [0, 0.05) is 19.2 Å². The Morgan fingerprint density at radius 1 is 1.08 bits per heavy atom. The standard InChI is InChI=1S/C20H23NO5/c1-4-25-17-8-5-15(6-9-17)11-12-21-16-7-10-19(26-14(2)22)18(13-16)20(23)24-3/h5-10,13,21H,4,11-12H2,1-3H3. The second-order valence-electron chi connectivity index (χ2n) is 5.55. The molecule has 26 heavy (non-hydrogen) atoms. The van der Waals surface area contributed by atoms with Crippen molar-refractivity contribution in [3.63, 3.8) is 0 Å². The smallest absolute Gasteiger partial charge is 0.341 e. The molecule has 0 fully saturated rings. The maximum atomic E-state index is 11.9. The zero-order valence-electron chi connectivity index (χ0n) is 15.2. The fourth-order valence-electron chi connectivity index (χ4n) is 2.42. The molecule has 2 aromatic rings. The van der Waals surface area contributed by atoms with Gasteiger partial charge in [0.25, 0.3) is 0 Å². The molecule has 0 heterocycles. The number of rotatable bonds is 8. The lowest BCUT2D eigenvalue weighted by Crippen LogP contribution is -2.11. The molecule has 6 nitrogen and oxygen atoms in total. The number of methoxy groups -OCH3 is 1. The molecule has 6 heteroatoms. The van der Waals surface area contributed by atoms with E-state index >= 15 is 0 Å². The summed E-state index contributed by atoms with van der Waals surface area (Å²) in [4.78, 5) is 23.1. The maximum absolute atomic E-state index is 11.9. The second kappa shape index (κ2) is 9.46. The SMILES string of the molecule is CCOc1ccc(CCNc2ccc(OC(C)=O)c(C(=O)OC)c2)cc1. The Balaban J connectivity index is 2.00. The number of benzene rings is 2. The summed E-state index contributed by atoms with van der Waals surface area (Å²) in [5.74, 6) is -0.0165. The monoisotopic (exact) mass is 357 g/mol. The lowest BCUT2D eigenvalue weighted by Gasteiger charge is -2.11. The number of carbonyl (C=O) groups is 2. The Labute approximate surface area is 153 Å². The minimum atomic E-state index is -0.559. The molecule has 0 saturated heterocycles. The first-order valence-electron chi connectivity index (χ1n) is 8.40. The first-order valence-corrected chi connectivity index (χ1v) is 8.40. The zero-order valence-corrected chi connectivity index (χ0v) is 15.2.